The number of hydrogen-bond donors (Lipinski definition) is 4. The molecule has 4 N–H and O–H groups in total. The molecule has 0 aliphatic carbocycles. The summed E-state index contributed by atoms with van der Waals surface area (Å²) < 4.78 is 0. The summed E-state index contributed by atoms with van der Waals surface area (Å²) in [6.07, 6.45) is 2.43. The van der Waals surface area contributed by atoms with Gasteiger partial charge in [0.15, 0.2) is 0 Å². The normalized spacial score (nSPS) is 10.9. The van der Waals surface area contributed by atoms with E-state index in [-0.39, 0.29) is 0 Å². The predicted molar refractivity (Wildman–Crippen MR) is 72.1 cm³/mol. The minimum Gasteiger partial charge on any atom is -0.317 e. The molecule has 0 heterocycles. The Morgan fingerprint density at radius 2 is 0.875 bits per heavy atom. The van der Waals surface area contributed by atoms with Gasteiger partial charge in [0.1, 0.15) is 0 Å². The molecule has 0 rings (SSSR count). The first-order chi connectivity index (χ1) is 7.91. The van der Waals surface area contributed by atoms with Crippen LogP contribution in [0.5, 0.6) is 0 Å². The first-order valence-corrected chi connectivity index (χ1v) is 6.74. The molecule has 0 aromatic carbocycles. The monoisotopic (exact) mass is 230 g/mol. The lowest BCUT2D eigenvalue weighted by Crippen LogP contribution is -2.30. The maximum absolute atomic E-state index is 3.43. The van der Waals surface area contributed by atoms with Crippen molar-refractivity contribution < 1.29 is 0 Å². The van der Waals surface area contributed by atoms with E-state index in [2.05, 4.69) is 35.1 Å². The third-order valence-corrected chi connectivity index (χ3v) is 2.39. The van der Waals surface area contributed by atoms with Gasteiger partial charge in [0.25, 0.3) is 0 Å². The van der Waals surface area contributed by atoms with Gasteiger partial charge in [-0.1, -0.05) is 13.8 Å². The van der Waals surface area contributed by atoms with Gasteiger partial charge in [-0.2, -0.15) is 0 Å². The summed E-state index contributed by atoms with van der Waals surface area (Å²) in [4.78, 5) is 0. The van der Waals surface area contributed by atoms with Crippen molar-refractivity contribution in [1.82, 2.24) is 21.3 Å². The fourth-order valence-corrected chi connectivity index (χ4v) is 1.46. The molecule has 16 heavy (non-hydrogen) atoms. The zero-order chi connectivity index (χ0) is 11.9. The van der Waals surface area contributed by atoms with Crippen LogP contribution >= 0.6 is 0 Å². The molecule has 0 bridgehead atoms. The topological polar surface area (TPSA) is 48.1 Å². The molecule has 0 saturated heterocycles. The van der Waals surface area contributed by atoms with Crippen LogP contribution in [0, 0.1) is 0 Å². The van der Waals surface area contributed by atoms with Crippen LogP contribution in [0.2, 0.25) is 0 Å². The van der Waals surface area contributed by atoms with E-state index in [0.717, 1.165) is 52.4 Å². The van der Waals surface area contributed by atoms with E-state index in [1.807, 2.05) is 0 Å². The van der Waals surface area contributed by atoms with Crippen LogP contribution in [0.25, 0.3) is 0 Å². The van der Waals surface area contributed by atoms with Crippen molar-refractivity contribution >= 4 is 0 Å². The molecule has 0 fully saturated rings. The zero-order valence-electron chi connectivity index (χ0n) is 11.1. The van der Waals surface area contributed by atoms with Crippen LogP contribution in [-0.2, 0) is 0 Å². The van der Waals surface area contributed by atoms with E-state index in [4.69, 9.17) is 0 Å². The van der Waals surface area contributed by atoms with E-state index < -0.39 is 0 Å². The molecule has 0 aliphatic rings. The molecule has 0 radical (unpaired) electrons. The molecule has 98 valence electrons. The van der Waals surface area contributed by atoms with Crippen molar-refractivity contribution in [2.75, 3.05) is 52.4 Å². The summed E-state index contributed by atoms with van der Waals surface area (Å²) in [7, 11) is 0. The highest BCUT2D eigenvalue weighted by atomic mass is 14.9. The molecule has 4 nitrogen and oxygen atoms in total. The fourth-order valence-electron chi connectivity index (χ4n) is 1.46. The maximum atomic E-state index is 3.43. The van der Waals surface area contributed by atoms with Gasteiger partial charge < -0.3 is 21.3 Å². The minimum atomic E-state index is 1.08. The smallest absolute Gasteiger partial charge is 0.00767 e. The van der Waals surface area contributed by atoms with Crippen LogP contribution in [0.3, 0.4) is 0 Å². The summed E-state index contributed by atoms with van der Waals surface area (Å²) in [5.74, 6) is 0. The van der Waals surface area contributed by atoms with E-state index >= 15 is 0 Å². The molecule has 0 amide bonds. The Kier molecular flexibility index (Phi) is 14.7. The van der Waals surface area contributed by atoms with Gasteiger partial charge in [0.2, 0.25) is 0 Å². The first kappa shape index (κ1) is 15.8. The van der Waals surface area contributed by atoms with Gasteiger partial charge in [-0.15, -0.1) is 0 Å². The second-order valence-corrected chi connectivity index (χ2v) is 3.91. The van der Waals surface area contributed by atoms with Gasteiger partial charge in [0.05, 0.1) is 0 Å². The lowest BCUT2D eigenvalue weighted by atomic mass is 10.4. The number of rotatable bonds is 13. The van der Waals surface area contributed by atoms with Crippen LogP contribution in [0.1, 0.15) is 26.7 Å². The van der Waals surface area contributed by atoms with E-state index in [1.165, 1.54) is 12.8 Å². The molecular weight excluding hydrogens is 200 g/mol. The van der Waals surface area contributed by atoms with Crippen molar-refractivity contribution in [2.45, 2.75) is 26.7 Å². The van der Waals surface area contributed by atoms with Gasteiger partial charge in [-0.25, -0.2) is 0 Å². The Morgan fingerprint density at radius 1 is 0.500 bits per heavy atom. The second-order valence-electron chi connectivity index (χ2n) is 3.91. The van der Waals surface area contributed by atoms with E-state index in [9.17, 15) is 0 Å². The third kappa shape index (κ3) is 13.8. The lowest BCUT2D eigenvalue weighted by molar-refractivity contribution is 0.562. The van der Waals surface area contributed by atoms with Gasteiger partial charge >= 0.3 is 0 Å². The summed E-state index contributed by atoms with van der Waals surface area (Å²) >= 11 is 0. The Hall–Kier alpha value is -0.160. The average molecular weight is 230 g/mol. The van der Waals surface area contributed by atoms with Crippen LogP contribution in [-0.4, -0.2) is 52.4 Å². The Bertz CT molecular complexity index is 106. The molecule has 4 heteroatoms. The SMILES string of the molecule is CCNCCCNCCNCCCNCC. The van der Waals surface area contributed by atoms with Crippen molar-refractivity contribution in [3.63, 3.8) is 0 Å². The lowest BCUT2D eigenvalue weighted by Gasteiger charge is -2.07. The van der Waals surface area contributed by atoms with Gasteiger partial charge in [-0.05, 0) is 52.1 Å². The molecule has 0 spiro atoms. The first-order valence-electron chi connectivity index (χ1n) is 6.74. The summed E-state index contributed by atoms with van der Waals surface area (Å²) in [6.45, 7) is 13.1. The molecule has 0 atom stereocenters. The summed E-state index contributed by atoms with van der Waals surface area (Å²) in [6, 6.07) is 0. The van der Waals surface area contributed by atoms with Crippen LogP contribution < -0.4 is 21.3 Å². The largest absolute Gasteiger partial charge is 0.317 e. The zero-order valence-corrected chi connectivity index (χ0v) is 11.1. The highest BCUT2D eigenvalue weighted by Gasteiger charge is 1.89. The van der Waals surface area contributed by atoms with Gasteiger partial charge in [-0.3, -0.25) is 0 Å². The Balaban J connectivity index is 2.83. The van der Waals surface area contributed by atoms with E-state index in [1.54, 1.807) is 0 Å². The van der Waals surface area contributed by atoms with Crippen molar-refractivity contribution in [1.29, 1.82) is 0 Å². The van der Waals surface area contributed by atoms with Gasteiger partial charge in [0, 0.05) is 13.1 Å². The minimum absolute atomic E-state index is 1.08. The maximum Gasteiger partial charge on any atom is 0.00767 e. The second kappa shape index (κ2) is 14.8. The summed E-state index contributed by atoms with van der Waals surface area (Å²) in [5.41, 5.74) is 0. The Labute approximate surface area is 101 Å². The molecule has 0 saturated carbocycles. The molecular formula is C12H30N4. The third-order valence-electron chi connectivity index (χ3n) is 2.39. The number of nitrogens with one attached hydrogen (secondary N) is 4. The van der Waals surface area contributed by atoms with Crippen molar-refractivity contribution in [3.05, 3.63) is 0 Å². The molecule has 0 aromatic heterocycles. The molecule has 0 aromatic rings. The highest BCUT2D eigenvalue weighted by molar-refractivity contribution is 4.55. The summed E-state index contributed by atoms with van der Waals surface area (Å²) in [5, 5.41) is 13.5. The van der Waals surface area contributed by atoms with Crippen molar-refractivity contribution in [2.24, 2.45) is 0 Å². The van der Waals surface area contributed by atoms with Crippen molar-refractivity contribution in [3.8, 4) is 0 Å². The Morgan fingerprint density at radius 3 is 1.25 bits per heavy atom. The fraction of sp³-hybridized carbons (Fsp3) is 1.00. The number of hydrogen-bond acceptors (Lipinski definition) is 4. The molecule has 0 aliphatic heterocycles. The molecule has 0 unspecified atom stereocenters. The van der Waals surface area contributed by atoms with Crippen LogP contribution in [0.15, 0.2) is 0 Å². The van der Waals surface area contributed by atoms with E-state index in [0.29, 0.717) is 0 Å². The predicted octanol–water partition coefficient (Wildman–Crippen LogP) is 0.165. The highest BCUT2D eigenvalue weighted by Crippen LogP contribution is 1.74. The standard InChI is InChI=1S/C12H30N4/c1-3-13-7-5-9-15-11-12-16-10-6-8-14-4-2/h13-16H,3-12H2,1-2H3. The van der Waals surface area contributed by atoms with Crippen LogP contribution in [0.4, 0.5) is 0 Å². The quantitative estimate of drug-likeness (QED) is 0.341. The average Bonchev–Trinajstić information content (AvgIpc) is 2.31.